The predicted molar refractivity (Wildman–Crippen MR) is 68.7 cm³/mol. The molecule has 18 heavy (non-hydrogen) atoms. The lowest BCUT2D eigenvalue weighted by Gasteiger charge is -2.07. The molecule has 2 aromatic rings. The lowest BCUT2D eigenvalue weighted by atomic mass is 10.3. The molecule has 0 radical (unpaired) electrons. The number of hydrogen-bond acceptors (Lipinski definition) is 4. The average molecular weight is 266 g/mol. The van der Waals surface area contributed by atoms with Gasteiger partial charge < -0.3 is 9.73 Å². The Morgan fingerprint density at radius 1 is 1.22 bits per heavy atom. The first kappa shape index (κ1) is 12.7. The van der Waals surface area contributed by atoms with Crippen LogP contribution in [0.15, 0.2) is 52.0 Å². The molecule has 5 nitrogen and oxygen atoms in total. The molecule has 0 atom stereocenters. The van der Waals surface area contributed by atoms with Crippen molar-refractivity contribution in [3.05, 3.63) is 48.4 Å². The third-order valence-corrected chi connectivity index (χ3v) is 3.87. The molecule has 0 saturated heterocycles. The van der Waals surface area contributed by atoms with Gasteiger partial charge in [0.05, 0.1) is 17.7 Å². The Bertz CT molecular complexity index is 606. The molecule has 0 fully saturated rings. The van der Waals surface area contributed by atoms with Crippen LogP contribution in [0.2, 0.25) is 0 Å². The van der Waals surface area contributed by atoms with E-state index in [0.717, 1.165) is 11.4 Å². The van der Waals surface area contributed by atoms with Crippen LogP contribution in [0.3, 0.4) is 0 Å². The van der Waals surface area contributed by atoms with E-state index in [0.29, 0.717) is 6.54 Å². The lowest BCUT2D eigenvalue weighted by molar-refractivity contribution is 0.518. The molecular formula is C12H14N2O3S. The minimum atomic E-state index is -3.41. The third kappa shape index (κ3) is 2.91. The summed E-state index contributed by atoms with van der Waals surface area (Å²) in [5.41, 5.74) is 0.725. The number of rotatable bonds is 5. The molecule has 2 N–H and O–H groups in total. The van der Waals surface area contributed by atoms with Gasteiger partial charge in [-0.3, -0.25) is 0 Å². The summed E-state index contributed by atoms with van der Waals surface area (Å²) in [6, 6.07) is 10.3. The van der Waals surface area contributed by atoms with E-state index in [2.05, 4.69) is 10.0 Å². The lowest BCUT2D eigenvalue weighted by Crippen LogP contribution is -2.18. The Labute approximate surface area is 106 Å². The summed E-state index contributed by atoms with van der Waals surface area (Å²) < 4.78 is 30.7. The molecule has 1 aromatic carbocycles. The van der Waals surface area contributed by atoms with Gasteiger partial charge >= 0.3 is 0 Å². The molecule has 0 amide bonds. The summed E-state index contributed by atoms with van der Waals surface area (Å²) in [5, 5.41) is 3.10. The Balaban J connectivity index is 2.13. The highest BCUT2D eigenvalue weighted by molar-refractivity contribution is 7.89. The highest BCUT2D eigenvalue weighted by Gasteiger charge is 2.11. The van der Waals surface area contributed by atoms with E-state index >= 15 is 0 Å². The van der Waals surface area contributed by atoms with Gasteiger partial charge in [-0.05, 0) is 37.4 Å². The van der Waals surface area contributed by atoms with Gasteiger partial charge in [0.2, 0.25) is 10.0 Å². The summed E-state index contributed by atoms with van der Waals surface area (Å²) in [4.78, 5) is 0.231. The maximum absolute atomic E-state index is 11.6. The second-order valence-corrected chi connectivity index (χ2v) is 5.55. The van der Waals surface area contributed by atoms with Crippen molar-refractivity contribution in [3.63, 3.8) is 0 Å². The molecule has 0 aliphatic carbocycles. The molecule has 0 unspecified atom stereocenters. The maximum atomic E-state index is 11.6. The second kappa shape index (κ2) is 5.24. The van der Waals surface area contributed by atoms with E-state index in [-0.39, 0.29) is 4.90 Å². The fourth-order valence-corrected chi connectivity index (χ4v) is 2.27. The maximum Gasteiger partial charge on any atom is 0.240 e. The molecule has 96 valence electrons. The molecule has 0 aliphatic rings. The van der Waals surface area contributed by atoms with E-state index in [9.17, 15) is 8.42 Å². The van der Waals surface area contributed by atoms with Crippen molar-refractivity contribution in [2.45, 2.75) is 11.4 Å². The largest absolute Gasteiger partial charge is 0.467 e. The number of nitrogens with one attached hydrogen (secondary N) is 2. The van der Waals surface area contributed by atoms with Crippen molar-refractivity contribution >= 4 is 15.7 Å². The highest BCUT2D eigenvalue weighted by atomic mass is 32.2. The molecule has 0 saturated carbocycles. The van der Waals surface area contributed by atoms with E-state index < -0.39 is 10.0 Å². The van der Waals surface area contributed by atoms with Crippen LogP contribution >= 0.6 is 0 Å². The third-order valence-electron chi connectivity index (χ3n) is 2.46. The summed E-state index contributed by atoms with van der Waals surface area (Å²) >= 11 is 0. The molecular weight excluding hydrogens is 252 g/mol. The van der Waals surface area contributed by atoms with Crippen LogP contribution in [0.4, 0.5) is 5.69 Å². The van der Waals surface area contributed by atoms with Gasteiger partial charge in [0.25, 0.3) is 0 Å². The monoisotopic (exact) mass is 266 g/mol. The van der Waals surface area contributed by atoms with Crippen molar-refractivity contribution < 1.29 is 12.8 Å². The zero-order valence-electron chi connectivity index (χ0n) is 9.88. The van der Waals surface area contributed by atoms with Gasteiger partial charge in [-0.25, -0.2) is 13.1 Å². The SMILES string of the molecule is CNS(=O)(=O)c1cccc(NCc2ccco2)c1. The molecule has 1 heterocycles. The molecule has 0 bridgehead atoms. The number of anilines is 1. The van der Waals surface area contributed by atoms with E-state index in [1.165, 1.54) is 7.05 Å². The van der Waals surface area contributed by atoms with Crippen molar-refractivity contribution in [3.8, 4) is 0 Å². The quantitative estimate of drug-likeness (QED) is 0.865. The molecule has 0 aliphatic heterocycles. The van der Waals surface area contributed by atoms with Crippen LogP contribution in [-0.2, 0) is 16.6 Å². The van der Waals surface area contributed by atoms with Gasteiger partial charge in [0.15, 0.2) is 0 Å². The zero-order chi connectivity index (χ0) is 13.0. The molecule has 0 spiro atoms. The van der Waals surface area contributed by atoms with Gasteiger partial charge in [-0.2, -0.15) is 0 Å². The van der Waals surface area contributed by atoms with Crippen LogP contribution < -0.4 is 10.0 Å². The molecule has 1 aromatic heterocycles. The standard InChI is InChI=1S/C12H14N2O3S/c1-13-18(15,16)12-6-2-4-10(8-12)14-9-11-5-3-7-17-11/h2-8,13-14H,9H2,1H3. The molecule has 6 heteroatoms. The van der Waals surface area contributed by atoms with Crippen molar-refractivity contribution in [2.75, 3.05) is 12.4 Å². The number of benzene rings is 1. The summed E-state index contributed by atoms with van der Waals surface area (Å²) in [7, 11) is -2.02. The van der Waals surface area contributed by atoms with Gasteiger partial charge in [-0.15, -0.1) is 0 Å². The van der Waals surface area contributed by atoms with E-state index in [1.54, 1.807) is 36.6 Å². The first-order valence-corrected chi connectivity index (χ1v) is 6.90. The van der Waals surface area contributed by atoms with E-state index in [4.69, 9.17) is 4.42 Å². The Hall–Kier alpha value is -1.79. The zero-order valence-corrected chi connectivity index (χ0v) is 10.7. The minimum Gasteiger partial charge on any atom is -0.467 e. The van der Waals surface area contributed by atoms with Crippen LogP contribution in [0.1, 0.15) is 5.76 Å². The number of sulfonamides is 1. The minimum absolute atomic E-state index is 0.231. The molecule has 2 rings (SSSR count). The second-order valence-electron chi connectivity index (χ2n) is 3.67. The summed E-state index contributed by atoms with van der Waals surface area (Å²) in [6.07, 6.45) is 1.60. The van der Waals surface area contributed by atoms with Gasteiger partial charge in [0.1, 0.15) is 5.76 Å². The highest BCUT2D eigenvalue weighted by Crippen LogP contribution is 2.16. The van der Waals surface area contributed by atoms with E-state index in [1.807, 2.05) is 6.07 Å². The fourth-order valence-electron chi connectivity index (χ4n) is 1.49. The first-order chi connectivity index (χ1) is 8.62. The average Bonchev–Trinajstić information content (AvgIpc) is 2.90. The fraction of sp³-hybridized carbons (Fsp3) is 0.167. The predicted octanol–water partition coefficient (Wildman–Crippen LogP) is 1.80. The van der Waals surface area contributed by atoms with Crippen LogP contribution in [0, 0.1) is 0 Å². The number of furan rings is 1. The van der Waals surface area contributed by atoms with Crippen LogP contribution in [0.25, 0.3) is 0 Å². The Morgan fingerprint density at radius 3 is 2.72 bits per heavy atom. The smallest absolute Gasteiger partial charge is 0.240 e. The Kier molecular flexibility index (Phi) is 3.69. The number of hydrogen-bond donors (Lipinski definition) is 2. The Morgan fingerprint density at radius 2 is 2.06 bits per heavy atom. The van der Waals surface area contributed by atoms with Crippen molar-refractivity contribution in [2.24, 2.45) is 0 Å². The van der Waals surface area contributed by atoms with Gasteiger partial charge in [-0.1, -0.05) is 6.07 Å². The van der Waals surface area contributed by atoms with Crippen LogP contribution in [-0.4, -0.2) is 15.5 Å². The van der Waals surface area contributed by atoms with Gasteiger partial charge in [0, 0.05) is 5.69 Å². The summed E-state index contributed by atoms with van der Waals surface area (Å²) in [6.45, 7) is 0.510. The van der Waals surface area contributed by atoms with Crippen molar-refractivity contribution in [1.29, 1.82) is 0 Å². The van der Waals surface area contributed by atoms with Crippen LogP contribution in [0.5, 0.6) is 0 Å². The first-order valence-electron chi connectivity index (χ1n) is 5.42. The normalized spacial score (nSPS) is 11.4. The summed E-state index contributed by atoms with van der Waals surface area (Å²) in [5.74, 6) is 0.789. The topological polar surface area (TPSA) is 71.3 Å². The van der Waals surface area contributed by atoms with Crippen molar-refractivity contribution in [1.82, 2.24) is 4.72 Å².